The summed E-state index contributed by atoms with van der Waals surface area (Å²) in [6, 6.07) is 11.9. The van der Waals surface area contributed by atoms with Crippen LogP contribution in [0.1, 0.15) is 34.1 Å². The molecule has 32 heavy (non-hydrogen) atoms. The highest BCUT2D eigenvalue weighted by Crippen LogP contribution is 2.22. The van der Waals surface area contributed by atoms with Crippen LogP contribution in [0.15, 0.2) is 54.6 Å². The number of aryl methyl sites for hydroxylation is 1. The zero-order valence-corrected chi connectivity index (χ0v) is 18.8. The van der Waals surface area contributed by atoms with Crippen LogP contribution in [0.4, 0.5) is 4.39 Å². The molecular weight excluding hydrogens is 431 g/mol. The van der Waals surface area contributed by atoms with Gasteiger partial charge in [0.2, 0.25) is 11.8 Å². The first-order chi connectivity index (χ1) is 15.2. The molecule has 1 unspecified atom stereocenters. The molecule has 0 saturated heterocycles. The number of hydrogen-bond acceptors (Lipinski definition) is 3. The number of likely N-dealkylation sites (N-methyl/N-ethyl adjacent to an activating group) is 1. The molecule has 166 valence electrons. The average Bonchev–Trinajstić information content (AvgIpc) is 3.00. The van der Waals surface area contributed by atoms with Gasteiger partial charge in [0.25, 0.3) is 0 Å². The second-order valence-corrected chi connectivity index (χ2v) is 7.88. The molecule has 0 spiro atoms. The van der Waals surface area contributed by atoms with Crippen LogP contribution in [0.2, 0.25) is 5.02 Å². The molecule has 8 heteroatoms. The molecule has 2 amide bonds. The minimum absolute atomic E-state index is 0.307. The summed E-state index contributed by atoms with van der Waals surface area (Å²) in [5.41, 5.74) is 9.15. The Kier molecular flexibility index (Phi) is 7.10. The molecule has 0 saturated carbocycles. The standard InChI is InChI=1S/C24H24ClFN4O2/c1-15-20(16(2)30(28-15)14-18-7-4-5-10-21(18)25)11-12-22(31)29(3)23(24(27)32)17-8-6-9-19(26)13-17/h4-13,23H,14H2,1-3H3,(H2,27,32)/b12-11+. The zero-order valence-electron chi connectivity index (χ0n) is 18.0. The molecule has 0 bridgehead atoms. The van der Waals surface area contributed by atoms with Crippen LogP contribution >= 0.6 is 11.6 Å². The Morgan fingerprint density at radius 1 is 1.22 bits per heavy atom. The third kappa shape index (κ3) is 5.06. The lowest BCUT2D eigenvalue weighted by Gasteiger charge is -2.25. The maximum Gasteiger partial charge on any atom is 0.247 e. The largest absolute Gasteiger partial charge is 0.368 e. The number of halogens is 2. The quantitative estimate of drug-likeness (QED) is 0.547. The van der Waals surface area contributed by atoms with Gasteiger partial charge in [-0.3, -0.25) is 14.3 Å². The number of aromatic nitrogens is 2. The molecule has 1 heterocycles. The minimum atomic E-state index is -1.09. The zero-order chi connectivity index (χ0) is 23.4. The lowest BCUT2D eigenvalue weighted by Crippen LogP contribution is -2.38. The van der Waals surface area contributed by atoms with E-state index in [1.54, 1.807) is 12.1 Å². The van der Waals surface area contributed by atoms with Crippen LogP contribution < -0.4 is 5.73 Å². The summed E-state index contributed by atoms with van der Waals surface area (Å²) in [7, 11) is 1.45. The Hall–Kier alpha value is -3.45. The maximum absolute atomic E-state index is 13.6. The minimum Gasteiger partial charge on any atom is -0.368 e. The van der Waals surface area contributed by atoms with E-state index in [0.29, 0.717) is 17.1 Å². The summed E-state index contributed by atoms with van der Waals surface area (Å²) in [6.45, 7) is 4.25. The molecule has 1 atom stereocenters. The van der Waals surface area contributed by atoms with Crippen molar-refractivity contribution < 1.29 is 14.0 Å². The van der Waals surface area contributed by atoms with Crippen LogP contribution in [-0.2, 0) is 16.1 Å². The van der Waals surface area contributed by atoms with Gasteiger partial charge in [-0.2, -0.15) is 5.10 Å². The molecule has 0 aliphatic carbocycles. The molecule has 0 fully saturated rings. The summed E-state index contributed by atoms with van der Waals surface area (Å²) in [4.78, 5) is 26.0. The Labute approximate surface area is 191 Å². The monoisotopic (exact) mass is 454 g/mol. The van der Waals surface area contributed by atoms with E-state index in [2.05, 4.69) is 5.10 Å². The van der Waals surface area contributed by atoms with Crippen LogP contribution in [0, 0.1) is 19.7 Å². The molecule has 6 nitrogen and oxygen atoms in total. The van der Waals surface area contributed by atoms with E-state index in [-0.39, 0.29) is 0 Å². The van der Waals surface area contributed by atoms with Gasteiger partial charge < -0.3 is 10.6 Å². The average molecular weight is 455 g/mol. The van der Waals surface area contributed by atoms with Gasteiger partial charge in [-0.25, -0.2) is 4.39 Å². The summed E-state index contributed by atoms with van der Waals surface area (Å²) in [5, 5.41) is 5.21. The smallest absolute Gasteiger partial charge is 0.247 e. The summed E-state index contributed by atoms with van der Waals surface area (Å²) < 4.78 is 15.4. The first-order valence-electron chi connectivity index (χ1n) is 9.96. The molecule has 0 aliphatic heterocycles. The Bertz CT molecular complexity index is 1190. The van der Waals surface area contributed by atoms with Gasteiger partial charge in [0.05, 0.1) is 12.2 Å². The predicted octanol–water partition coefficient (Wildman–Crippen LogP) is 4.04. The fraction of sp³-hybridized carbons (Fsp3) is 0.208. The first-order valence-corrected chi connectivity index (χ1v) is 10.3. The summed E-state index contributed by atoms with van der Waals surface area (Å²) in [5.74, 6) is -1.71. The Morgan fingerprint density at radius 3 is 2.59 bits per heavy atom. The van der Waals surface area contributed by atoms with Crippen molar-refractivity contribution in [3.63, 3.8) is 0 Å². The van der Waals surface area contributed by atoms with Gasteiger partial charge in [-0.1, -0.05) is 41.9 Å². The van der Waals surface area contributed by atoms with Gasteiger partial charge in [0.1, 0.15) is 11.9 Å². The van der Waals surface area contributed by atoms with Gasteiger partial charge in [-0.15, -0.1) is 0 Å². The Balaban J connectivity index is 1.82. The van der Waals surface area contributed by atoms with Crippen molar-refractivity contribution in [1.29, 1.82) is 0 Å². The highest BCUT2D eigenvalue weighted by molar-refractivity contribution is 6.31. The highest BCUT2D eigenvalue weighted by Gasteiger charge is 2.26. The molecule has 2 N–H and O–H groups in total. The summed E-state index contributed by atoms with van der Waals surface area (Å²) in [6.07, 6.45) is 3.01. The van der Waals surface area contributed by atoms with E-state index < -0.39 is 23.7 Å². The number of amides is 2. The lowest BCUT2D eigenvalue weighted by molar-refractivity contribution is -0.134. The van der Waals surface area contributed by atoms with E-state index in [0.717, 1.165) is 22.5 Å². The lowest BCUT2D eigenvalue weighted by atomic mass is 10.0. The Morgan fingerprint density at radius 2 is 1.94 bits per heavy atom. The highest BCUT2D eigenvalue weighted by atomic mass is 35.5. The number of hydrogen-bond donors (Lipinski definition) is 1. The number of rotatable bonds is 7. The first kappa shape index (κ1) is 23.2. The SMILES string of the molecule is Cc1nn(Cc2ccccc2Cl)c(C)c1/C=C/C(=O)N(C)C(C(N)=O)c1cccc(F)c1. The maximum atomic E-state index is 13.6. The number of nitrogens with two attached hydrogens (primary N) is 1. The van der Waals surface area contributed by atoms with E-state index >= 15 is 0 Å². The number of carbonyl (C=O) groups is 2. The van der Waals surface area contributed by atoms with Gasteiger partial charge >= 0.3 is 0 Å². The number of primary amides is 1. The third-order valence-corrected chi connectivity index (χ3v) is 5.65. The number of nitrogens with zero attached hydrogens (tertiary/aromatic N) is 3. The van der Waals surface area contributed by atoms with E-state index in [4.69, 9.17) is 17.3 Å². The van der Waals surface area contributed by atoms with E-state index in [1.807, 2.05) is 42.8 Å². The fourth-order valence-corrected chi connectivity index (χ4v) is 3.74. The summed E-state index contributed by atoms with van der Waals surface area (Å²) >= 11 is 6.26. The van der Waals surface area contributed by atoms with Crippen molar-refractivity contribution >= 4 is 29.5 Å². The molecular formula is C24H24ClFN4O2. The van der Waals surface area contributed by atoms with Crippen molar-refractivity contribution in [2.75, 3.05) is 7.05 Å². The second kappa shape index (κ2) is 9.78. The molecule has 0 aliphatic rings. The van der Waals surface area contributed by atoms with Crippen molar-refractivity contribution in [1.82, 2.24) is 14.7 Å². The van der Waals surface area contributed by atoms with Crippen LogP contribution in [-0.4, -0.2) is 33.5 Å². The van der Waals surface area contributed by atoms with Crippen LogP contribution in [0.3, 0.4) is 0 Å². The van der Waals surface area contributed by atoms with Crippen molar-refractivity contribution in [3.05, 3.63) is 93.5 Å². The number of benzene rings is 2. The molecule has 3 aromatic rings. The molecule has 1 aromatic heterocycles. The molecule has 3 rings (SSSR count). The molecule has 0 radical (unpaired) electrons. The fourth-order valence-electron chi connectivity index (χ4n) is 3.55. The van der Waals surface area contributed by atoms with E-state index in [1.165, 1.54) is 36.2 Å². The van der Waals surface area contributed by atoms with Gasteiger partial charge in [0.15, 0.2) is 0 Å². The third-order valence-electron chi connectivity index (χ3n) is 5.28. The van der Waals surface area contributed by atoms with Crippen molar-refractivity contribution in [3.8, 4) is 0 Å². The second-order valence-electron chi connectivity index (χ2n) is 7.48. The topological polar surface area (TPSA) is 81.2 Å². The van der Waals surface area contributed by atoms with Gasteiger partial charge in [-0.05, 0) is 49.2 Å². The van der Waals surface area contributed by atoms with Crippen molar-refractivity contribution in [2.45, 2.75) is 26.4 Å². The van der Waals surface area contributed by atoms with Crippen LogP contribution in [0.25, 0.3) is 6.08 Å². The number of carbonyl (C=O) groups excluding carboxylic acids is 2. The predicted molar refractivity (Wildman–Crippen MR) is 122 cm³/mol. The normalized spacial score (nSPS) is 12.2. The molecule has 2 aromatic carbocycles. The van der Waals surface area contributed by atoms with Crippen molar-refractivity contribution in [2.24, 2.45) is 5.73 Å². The van der Waals surface area contributed by atoms with E-state index in [9.17, 15) is 14.0 Å². The van der Waals surface area contributed by atoms with Gasteiger partial charge in [0, 0.05) is 29.4 Å². The van der Waals surface area contributed by atoms with Crippen LogP contribution in [0.5, 0.6) is 0 Å².